The monoisotopic (exact) mass is 273 g/mol. The van der Waals surface area contributed by atoms with Gasteiger partial charge in [0, 0.05) is 17.8 Å². The molecule has 0 amide bonds. The van der Waals surface area contributed by atoms with E-state index in [1.807, 2.05) is 31.2 Å². The number of carboxylic acid groups (broad SMARTS) is 1. The van der Waals surface area contributed by atoms with Gasteiger partial charge in [-0.15, -0.1) is 0 Å². The van der Waals surface area contributed by atoms with Crippen LogP contribution in [0.1, 0.15) is 11.1 Å². The number of aliphatic carboxylic acids is 1. The van der Waals surface area contributed by atoms with Gasteiger partial charge in [-0.2, -0.15) is 0 Å². The molecule has 1 N–H and O–H groups in total. The molecule has 104 valence electrons. The molecule has 0 aliphatic carbocycles. The fourth-order valence-corrected chi connectivity index (χ4v) is 1.99. The molecule has 0 unspecified atom stereocenters. The van der Waals surface area contributed by atoms with Crippen molar-refractivity contribution < 1.29 is 14.3 Å². The number of halogens is 1. The highest BCUT2D eigenvalue weighted by atomic mass is 19.1. The van der Waals surface area contributed by atoms with Crippen molar-refractivity contribution in [2.45, 2.75) is 13.5 Å². The molecular formula is C16H16FNO2. The van der Waals surface area contributed by atoms with Gasteiger partial charge < -0.3 is 10.0 Å². The van der Waals surface area contributed by atoms with E-state index in [0.717, 1.165) is 11.3 Å². The van der Waals surface area contributed by atoms with E-state index in [1.165, 1.54) is 6.07 Å². The minimum absolute atomic E-state index is 0.169. The fraction of sp³-hybridized carbons (Fsp3) is 0.188. The Morgan fingerprint density at radius 3 is 2.40 bits per heavy atom. The predicted octanol–water partition coefficient (Wildman–Crippen LogP) is 3.23. The molecule has 0 atom stereocenters. The Morgan fingerprint density at radius 2 is 1.80 bits per heavy atom. The van der Waals surface area contributed by atoms with Gasteiger partial charge in [-0.25, -0.2) is 4.39 Å². The maximum absolute atomic E-state index is 13.7. The van der Waals surface area contributed by atoms with Crippen LogP contribution in [-0.4, -0.2) is 17.6 Å². The van der Waals surface area contributed by atoms with E-state index in [2.05, 4.69) is 0 Å². The Kier molecular flexibility index (Phi) is 4.35. The Bertz CT molecular complexity index is 596. The van der Waals surface area contributed by atoms with Gasteiger partial charge in [-0.3, -0.25) is 4.79 Å². The normalized spacial score (nSPS) is 10.3. The molecule has 0 saturated heterocycles. The van der Waals surface area contributed by atoms with Gasteiger partial charge in [0.25, 0.3) is 0 Å². The molecule has 0 spiro atoms. The number of aryl methyl sites for hydroxylation is 1. The second-order valence-corrected chi connectivity index (χ2v) is 4.68. The number of benzene rings is 2. The number of carbonyl (C=O) groups is 1. The molecule has 2 rings (SSSR count). The van der Waals surface area contributed by atoms with Crippen molar-refractivity contribution in [3.05, 3.63) is 65.5 Å². The van der Waals surface area contributed by atoms with Crippen molar-refractivity contribution >= 4 is 11.7 Å². The first-order chi connectivity index (χ1) is 9.56. The Balaban J connectivity index is 2.26. The summed E-state index contributed by atoms with van der Waals surface area (Å²) in [4.78, 5) is 12.6. The van der Waals surface area contributed by atoms with Crippen LogP contribution in [0.2, 0.25) is 0 Å². The molecule has 0 heterocycles. The molecule has 2 aromatic rings. The predicted molar refractivity (Wildman–Crippen MR) is 76.3 cm³/mol. The molecule has 3 nitrogen and oxygen atoms in total. The van der Waals surface area contributed by atoms with Crippen molar-refractivity contribution in [3.63, 3.8) is 0 Å². The average Bonchev–Trinajstić information content (AvgIpc) is 2.41. The third kappa shape index (κ3) is 3.57. The molecule has 4 heteroatoms. The second kappa shape index (κ2) is 6.19. The first kappa shape index (κ1) is 14.1. The van der Waals surface area contributed by atoms with Crippen LogP contribution in [0, 0.1) is 12.7 Å². The molecule has 0 aliphatic rings. The van der Waals surface area contributed by atoms with Crippen LogP contribution < -0.4 is 4.90 Å². The smallest absolute Gasteiger partial charge is 0.323 e. The topological polar surface area (TPSA) is 40.5 Å². The van der Waals surface area contributed by atoms with E-state index >= 15 is 0 Å². The van der Waals surface area contributed by atoms with E-state index in [-0.39, 0.29) is 18.9 Å². The molecule has 0 aliphatic heterocycles. The minimum Gasteiger partial charge on any atom is -0.480 e. The number of rotatable bonds is 5. The van der Waals surface area contributed by atoms with Crippen molar-refractivity contribution in [1.29, 1.82) is 0 Å². The zero-order valence-corrected chi connectivity index (χ0v) is 11.2. The Labute approximate surface area is 117 Å². The maximum atomic E-state index is 13.7. The van der Waals surface area contributed by atoms with E-state index in [4.69, 9.17) is 5.11 Å². The standard InChI is InChI=1S/C16H16FNO2/c1-12-6-8-14(9-7-12)18(11-16(19)20)10-13-4-2-3-5-15(13)17/h2-9H,10-11H2,1H3,(H,19,20). The van der Waals surface area contributed by atoms with E-state index < -0.39 is 5.97 Å². The Hall–Kier alpha value is -2.36. The lowest BCUT2D eigenvalue weighted by molar-refractivity contribution is -0.135. The van der Waals surface area contributed by atoms with Crippen LogP contribution in [0.4, 0.5) is 10.1 Å². The van der Waals surface area contributed by atoms with Crippen LogP contribution in [0.15, 0.2) is 48.5 Å². The summed E-state index contributed by atoms with van der Waals surface area (Å²) in [5.41, 5.74) is 2.34. The lowest BCUT2D eigenvalue weighted by atomic mass is 10.1. The molecular weight excluding hydrogens is 257 g/mol. The number of carboxylic acids is 1. The molecule has 0 fully saturated rings. The van der Waals surface area contributed by atoms with Gasteiger partial charge in [0.15, 0.2) is 0 Å². The summed E-state index contributed by atoms with van der Waals surface area (Å²) in [5, 5.41) is 9.01. The van der Waals surface area contributed by atoms with Gasteiger partial charge in [0.05, 0.1) is 0 Å². The Morgan fingerprint density at radius 1 is 1.15 bits per heavy atom. The van der Waals surface area contributed by atoms with Gasteiger partial charge >= 0.3 is 5.97 Å². The van der Waals surface area contributed by atoms with Crippen LogP contribution in [0.5, 0.6) is 0 Å². The summed E-state index contributed by atoms with van der Waals surface area (Å²) in [5.74, 6) is -1.27. The fourth-order valence-electron chi connectivity index (χ4n) is 1.99. The zero-order chi connectivity index (χ0) is 14.5. The highest BCUT2D eigenvalue weighted by molar-refractivity contribution is 5.73. The van der Waals surface area contributed by atoms with E-state index in [0.29, 0.717) is 5.56 Å². The quantitative estimate of drug-likeness (QED) is 0.909. The first-order valence-corrected chi connectivity index (χ1v) is 6.33. The summed E-state index contributed by atoms with van der Waals surface area (Å²) in [6, 6.07) is 13.9. The molecule has 2 aromatic carbocycles. The summed E-state index contributed by atoms with van der Waals surface area (Å²) in [6.07, 6.45) is 0. The molecule has 0 aromatic heterocycles. The third-order valence-electron chi connectivity index (χ3n) is 3.04. The number of hydrogen-bond acceptors (Lipinski definition) is 2. The second-order valence-electron chi connectivity index (χ2n) is 4.68. The van der Waals surface area contributed by atoms with E-state index in [9.17, 15) is 9.18 Å². The molecule has 0 bridgehead atoms. The zero-order valence-electron chi connectivity index (χ0n) is 11.2. The number of hydrogen-bond donors (Lipinski definition) is 1. The first-order valence-electron chi connectivity index (χ1n) is 6.33. The maximum Gasteiger partial charge on any atom is 0.323 e. The number of nitrogens with zero attached hydrogens (tertiary/aromatic N) is 1. The van der Waals surface area contributed by atoms with Crippen LogP contribution >= 0.6 is 0 Å². The largest absolute Gasteiger partial charge is 0.480 e. The van der Waals surface area contributed by atoms with Gasteiger partial charge in [0.1, 0.15) is 12.4 Å². The summed E-state index contributed by atoms with van der Waals surface area (Å²) in [6.45, 7) is 2.02. The SMILES string of the molecule is Cc1ccc(N(CC(=O)O)Cc2ccccc2F)cc1. The minimum atomic E-state index is -0.943. The lowest BCUT2D eigenvalue weighted by Crippen LogP contribution is -2.29. The van der Waals surface area contributed by atoms with Crippen molar-refractivity contribution in [2.24, 2.45) is 0 Å². The van der Waals surface area contributed by atoms with Crippen LogP contribution in [-0.2, 0) is 11.3 Å². The van der Waals surface area contributed by atoms with Gasteiger partial charge in [0.2, 0.25) is 0 Å². The molecule has 0 radical (unpaired) electrons. The van der Waals surface area contributed by atoms with Crippen LogP contribution in [0.3, 0.4) is 0 Å². The van der Waals surface area contributed by atoms with Gasteiger partial charge in [-0.05, 0) is 25.1 Å². The van der Waals surface area contributed by atoms with E-state index in [1.54, 1.807) is 23.1 Å². The van der Waals surface area contributed by atoms with Crippen LogP contribution in [0.25, 0.3) is 0 Å². The third-order valence-corrected chi connectivity index (χ3v) is 3.04. The molecule has 0 saturated carbocycles. The highest BCUT2D eigenvalue weighted by Gasteiger charge is 2.13. The molecule has 20 heavy (non-hydrogen) atoms. The van der Waals surface area contributed by atoms with Crippen molar-refractivity contribution in [1.82, 2.24) is 0 Å². The lowest BCUT2D eigenvalue weighted by Gasteiger charge is -2.23. The van der Waals surface area contributed by atoms with Gasteiger partial charge in [-0.1, -0.05) is 35.9 Å². The summed E-state index contributed by atoms with van der Waals surface area (Å²) in [7, 11) is 0. The summed E-state index contributed by atoms with van der Waals surface area (Å²) >= 11 is 0. The van der Waals surface area contributed by atoms with Crippen molar-refractivity contribution in [2.75, 3.05) is 11.4 Å². The summed E-state index contributed by atoms with van der Waals surface area (Å²) < 4.78 is 13.7. The highest BCUT2D eigenvalue weighted by Crippen LogP contribution is 2.19. The number of anilines is 1. The van der Waals surface area contributed by atoms with Crippen molar-refractivity contribution in [3.8, 4) is 0 Å². The average molecular weight is 273 g/mol.